The van der Waals surface area contributed by atoms with Crippen LogP contribution in [0.15, 0.2) is 12.1 Å². The predicted molar refractivity (Wildman–Crippen MR) is 75.2 cm³/mol. The van der Waals surface area contributed by atoms with E-state index in [0.29, 0.717) is 29.9 Å². The van der Waals surface area contributed by atoms with Crippen LogP contribution >= 0.6 is 8.60 Å². The number of hydrogen-bond acceptors (Lipinski definition) is 3. The van der Waals surface area contributed by atoms with Gasteiger partial charge in [-0.3, -0.25) is 0 Å². The smallest absolute Gasteiger partial charge is 0.397 e. The molecule has 0 N–H and O–H groups in total. The van der Waals surface area contributed by atoms with Crippen LogP contribution < -0.4 is 15.4 Å². The molecule has 1 aromatic rings. The molecular formula is C12H15B2O3P. The molecule has 1 heterocycles. The summed E-state index contributed by atoms with van der Waals surface area (Å²) in [6.45, 7) is 7.29. The molecule has 0 amide bonds. The lowest BCUT2D eigenvalue weighted by atomic mass is 9.84. The van der Waals surface area contributed by atoms with E-state index >= 15 is 0 Å². The normalized spacial score (nSPS) is 19.7. The van der Waals surface area contributed by atoms with Crippen molar-refractivity contribution in [2.24, 2.45) is 5.41 Å². The van der Waals surface area contributed by atoms with Gasteiger partial charge in [0.2, 0.25) is 0 Å². The van der Waals surface area contributed by atoms with E-state index in [1.54, 1.807) is 0 Å². The van der Waals surface area contributed by atoms with Gasteiger partial charge in [-0.05, 0) is 6.92 Å². The van der Waals surface area contributed by atoms with Crippen LogP contribution in [0.1, 0.15) is 19.4 Å². The van der Waals surface area contributed by atoms with Crippen LogP contribution in [0.3, 0.4) is 0 Å². The van der Waals surface area contributed by atoms with Crippen molar-refractivity contribution >= 4 is 35.2 Å². The lowest BCUT2D eigenvalue weighted by molar-refractivity contribution is 0.0428. The molecular weight excluding hydrogens is 245 g/mol. The van der Waals surface area contributed by atoms with Gasteiger partial charge in [-0.25, -0.2) is 0 Å². The second-order valence-corrected chi connectivity index (χ2v) is 6.44. The number of hydrogen-bond donors (Lipinski definition) is 0. The molecule has 2 rings (SSSR count). The molecule has 0 saturated carbocycles. The van der Waals surface area contributed by atoms with Gasteiger partial charge in [0.15, 0.2) is 0 Å². The van der Waals surface area contributed by atoms with Gasteiger partial charge in [-0.2, -0.15) is 0 Å². The standard InChI is InChI=1S/C12H15B2O3P/c1-8-4-9(13)11(10(14)5-8)17-18-15-6-12(2,3)7-16-18/h4-5H,6-7H2,1-3H3. The third-order valence-corrected chi connectivity index (χ3v) is 3.59. The van der Waals surface area contributed by atoms with Gasteiger partial charge in [-0.15, -0.1) is 0 Å². The van der Waals surface area contributed by atoms with Crippen molar-refractivity contribution in [2.45, 2.75) is 20.8 Å². The zero-order valence-corrected chi connectivity index (χ0v) is 11.8. The zero-order chi connectivity index (χ0) is 13.3. The first kappa shape index (κ1) is 13.9. The predicted octanol–water partition coefficient (Wildman–Crippen LogP) is 1.26. The van der Waals surface area contributed by atoms with Gasteiger partial charge in [0, 0.05) is 5.41 Å². The number of aryl methyl sites for hydroxylation is 1. The highest BCUT2D eigenvalue weighted by molar-refractivity contribution is 7.42. The summed E-state index contributed by atoms with van der Waals surface area (Å²) in [5.41, 5.74) is 2.03. The second kappa shape index (κ2) is 5.24. The Morgan fingerprint density at radius 1 is 1.17 bits per heavy atom. The fraction of sp³-hybridized carbons (Fsp3) is 0.500. The molecule has 1 aliphatic rings. The molecule has 4 radical (unpaired) electrons. The molecule has 0 unspecified atom stereocenters. The van der Waals surface area contributed by atoms with E-state index in [1.807, 2.05) is 19.1 Å². The zero-order valence-electron chi connectivity index (χ0n) is 10.9. The second-order valence-electron chi connectivity index (χ2n) is 5.30. The maximum absolute atomic E-state index is 5.89. The van der Waals surface area contributed by atoms with E-state index in [4.69, 9.17) is 29.3 Å². The molecule has 0 aliphatic carbocycles. The first-order valence-electron chi connectivity index (χ1n) is 5.77. The lowest BCUT2D eigenvalue weighted by Crippen LogP contribution is -2.30. The van der Waals surface area contributed by atoms with Crippen LogP contribution in [0.2, 0.25) is 0 Å². The summed E-state index contributed by atoms with van der Waals surface area (Å²) in [7, 11) is 10.4. The quantitative estimate of drug-likeness (QED) is 0.591. The topological polar surface area (TPSA) is 27.7 Å². The molecule has 0 spiro atoms. The van der Waals surface area contributed by atoms with E-state index in [9.17, 15) is 0 Å². The fourth-order valence-electron chi connectivity index (χ4n) is 1.60. The van der Waals surface area contributed by atoms with Crippen LogP contribution in [0.5, 0.6) is 5.75 Å². The maximum Gasteiger partial charge on any atom is 0.397 e. The van der Waals surface area contributed by atoms with Gasteiger partial charge in [0.05, 0.1) is 13.2 Å². The molecule has 1 fully saturated rings. The summed E-state index contributed by atoms with van der Waals surface area (Å²) in [6, 6.07) is 3.63. The number of benzene rings is 1. The van der Waals surface area contributed by atoms with E-state index in [-0.39, 0.29) is 5.41 Å². The van der Waals surface area contributed by atoms with Crippen LogP contribution in [0, 0.1) is 12.3 Å². The maximum atomic E-state index is 5.89. The number of rotatable bonds is 2. The fourth-order valence-corrected chi connectivity index (χ4v) is 3.05. The first-order valence-corrected chi connectivity index (χ1v) is 6.86. The molecule has 1 saturated heterocycles. The van der Waals surface area contributed by atoms with Crippen molar-refractivity contribution in [3.63, 3.8) is 0 Å². The summed E-state index contributed by atoms with van der Waals surface area (Å²) in [5, 5.41) is 0. The summed E-state index contributed by atoms with van der Waals surface area (Å²) in [6.07, 6.45) is 0. The van der Waals surface area contributed by atoms with Crippen molar-refractivity contribution in [3.8, 4) is 5.75 Å². The van der Waals surface area contributed by atoms with Crippen molar-refractivity contribution in [2.75, 3.05) is 13.2 Å². The van der Waals surface area contributed by atoms with Gasteiger partial charge in [0.25, 0.3) is 0 Å². The Bertz CT molecular complexity index is 418. The molecule has 6 heteroatoms. The summed E-state index contributed by atoms with van der Waals surface area (Å²) in [5.74, 6) is 0.450. The minimum atomic E-state index is -1.41. The van der Waals surface area contributed by atoms with Gasteiger partial charge in [-0.1, -0.05) is 42.5 Å². The molecule has 0 bridgehead atoms. The van der Waals surface area contributed by atoms with Gasteiger partial charge >= 0.3 is 8.60 Å². The Labute approximate surface area is 112 Å². The third kappa shape index (κ3) is 3.28. The van der Waals surface area contributed by atoms with E-state index in [1.165, 1.54) is 0 Å². The Hall–Kier alpha value is -0.500. The van der Waals surface area contributed by atoms with Crippen LogP contribution in [-0.2, 0) is 9.05 Å². The van der Waals surface area contributed by atoms with Gasteiger partial charge < -0.3 is 13.6 Å². The highest BCUT2D eigenvalue weighted by Crippen LogP contribution is 2.46. The summed E-state index contributed by atoms with van der Waals surface area (Å²) >= 11 is 0. The molecule has 1 aliphatic heterocycles. The Balaban J connectivity index is 2.07. The Kier molecular flexibility index (Phi) is 4.05. The summed E-state index contributed by atoms with van der Waals surface area (Å²) in [4.78, 5) is 0. The minimum Gasteiger partial charge on any atom is -0.428 e. The van der Waals surface area contributed by atoms with Crippen molar-refractivity contribution < 1.29 is 13.6 Å². The van der Waals surface area contributed by atoms with Crippen LogP contribution in [-0.4, -0.2) is 28.9 Å². The molecule has 1 aromatic carbocycles. The largest absolute Gasteiger partial charge is 0.428 e. The molecule has 3 nitrogen and oxygen atoms in total. The van der Waals surface area contributed by atoms with Crippen molar-refractivity contribution in [1.29, 1.82) is 0 Å². The van der Waals surface area contributed by atoms with Crippen LogP contribution in [0.25, 0.3) is 0 Å². The molecule has 0 atom stereocenters. The monoisotopic (exact) mass is 260 g/mol. The lowest BCUT2D eigenvalue weighted by Gasteiger charge is -2.33. The first-order chi connectivity index (χ1) is 8.37. The third-order valence-electron chi connectivity index (χ3n) is 2.58. The summed E-state index contributed by atoms with van der Waals surface area (Å²) < 4.78 is 16.7. The average molecular weight is 260 g/mol. The molecule has 0 aromatic heterocycles. The highest BCUT2D eigenvalue weighted by Gasteiger charge is 2.31. The Morgan fingerprint density at radius 3 is 2.17 bits per heavy atom. The minimum absolute atomic E-state index is 0.0204. The van der Waals surface area contributed by atoms with Gasteiger partial charge in [0.1, 0.15) is 21.4 Å². The Morgan fingerprint density at radius 2 is 1.67 bits per heavy atom. The van der Waals surface area contributed by atoms with E-state index < -0.39 is 8.60 Å². The average Bonchev–Trinajstić information content (AvgIpc) is 2.25. The highest BCUT2D eigenvalue weighted by atomic mass is 31.2. The van der Waals surface area contributed by atoms with Crippen molar-refractivity contribution in [1.82, 2.24) is 0 Å². The molecule has 92 valence electrons. The van der Waals surface area contributed by atoms with E-state index in [2.05, 4.69) is 13.8 Å². The van der Waals surface area contributed by atoms with Crippen molar-refractivity contribution in [3.05, 3.63) is 17.7 Å². The van der Waals surface area contributed by atoms with E-state index in [0.717, 1.165) is 5.56 Å². The SMILES string of the molecule is [B]c1cc(C)cc([B])c1OP1OCC(C)(C)CO1. The molecule has 18 heavy (non-hydrogen) atoms. The van der Waals surface area contributed by atoms with Crippen LogP contribution in [0.4, 0.5) is 0 Å².